The fourth-order valence-electron chi connectivity index (χ4n) is 5.25. The Labute approximate surface area is 260 Å². The highest BCUT2D eigenvalue weighted by atomic mass is 35.5. The first kappa shape index (κ1) is 29.8. The molecule has 7 nitrogen and oxygen atoms in total. The molecule has 44 heavy (non-hydrogen) atoms. The van der Waals surface area contributed by atoms with Crippen LogP contribution in [0.2, 0.25) is 5.02 Å². The third-order valence-corrected chi connectivity index (χ3v) is 8.49. The number of pyridine rings is 1. The Balaban J connectivity index is 1.50. The summed E-state index contributed by atoms with van der Waals surface area (Å²) in [5.74, 6) is -1.09. The first-order valence-electron chi connectivity index (χ1n) is 13.7. The average Bonchev–Trinajstić information content (AvgIpc) is 3.59. The van der Waals surface area contributed by atoms with Gasteiger partial charge < -0.3 is 9.84 Å². The van der Waals surface area contributed by atoms with Gasteiger partial charge in [0, 0.05) is 38.9 Å². The normalized spacial score (nSPS) is 12.8. The maximum atomic E-state index is 13.3. The summed E-state index contributed by atoms with van der Waals surface area (Å²) in [7, 11) is 0. The van der Waals surface area contributed by atoms with E-state index in [0.717, 1.165) is 38.0 Å². The van der Waals surface area contributed by atoms with Crippen LogP contribution in [0, 0.1) is 6.92 Å². The molecule has 0 saturated heterocycles. The Morgan fingerprint density at radius 3 is 2.43 bits per heavy atom. The van der Waals surface area contributed by atoms with Gasteiger partial charge in [0.2, 0.25) is 0 Å². The van der Waals surface area contributed by atoms with Crippen molar-refractivity contribution in [3.8, 4) is 33.0 Å². The average molecular weight is 633 g/mol. The lowest BCUT2D eigenvalue weighted by molar-refractivity contribution is -0.160. The van der Waals surface area contributed by atoms with Crippen molar-refractivity contribution in [3.05, 3.63) is 89.2 Å². The summed E-state index contributed by atoms with van der Waals surface area (Å²) >= 11 is 7.65. The minimum absolute atomic E-state index is 0.335. The van der Waals surface area contributed by atoms with Crippen molar-refractivity contribution in [1.82, 2.24) is 19.7 Å². The Morgan fingerprint density at radius 1 is 1.02 bits per heavy atom. The molecule has 0 fully saturated rings. The zero-order valence-electron chi connectivity index (χ0n) is 24.2. The number of aromatic nitrogens is 4. The van der Waals surface area contributed by atoms with E-state index < -0.39 is 24.2 Å². The number of benzene rings is 3. The number of halogens is 3. The van der Waals surface area contributed by atoms with E-state index in [0.29, 0.717) is 36.9 Å². The fourth-order valence-corrected chi connectivity index (χ4v) is 6.50. The molecule has 0 radical (unpaired) electrons. The van der Waals surface area contributed by atoms with Gasteiger partial charge in [0.15, 0.2) is 6.10 Å². The SMILES string of the molecule is Cc1cc2nc(-c3ccnc(-c4ccc5c(cnn5C(F)F)c4)c3)sc2c(-c2ccc(Cl)cc2)c1C(OC(C)(C)C)C(=O)O. The molecule has 6 rings (SSSR count). The van der Waals surface area contributed by atoms with Crippen LogP contribution in [0.3, 0.4) is 0 Å². The Kier molecular flexibility index (Phi) is 7.69. The second-order valence-electron chi connectivity index (χ2n) is 11.4. The van der Waals surface area contributed by atoms with Gasteiger partial charge in [0.25, 0.3) is 0 Å². The van der Waals surface area contributed by atoms with Crippen LogP contribution in [0.15, 0.2) is 73.1 Å². The van der Waals surface area contributed by atoms with Crippen LogP contribution in [-0.2, 0) is 9.53 Å². The number of alkyl halides is 2. The molecule has 0 aliphatic rings. The topological polar surface area (TPSA) is 90.1 Å². The number of carboxylic acids is 1. The highest BCUT2D eigenvalue weighted by molar-refractivity contribution is 7.22. The van der Waals surface area contributed by atoms with Crippen molar-refractivity contribution in [1.29, 1.82) is 0 Å². The van der Waals surface area contributed by atoms with Gasteiger partial charge in [-0.3, -0.25) is 4.98 Å². The van der Waals surface area contributed by atoms with E-state index in [-0.39, 0.29) is 0 Å². The van der Waals surface area contributed by atoms with Crippen molar-refractivity contribution < 1.29 is 23.4 Å². The molecule has 0 bridgehead atoms. The van der Waals surface area contributed by atoms with Crippen LogP contribution >= 0.6 is 22.9 Å². The zero-order chi connectivity index (χ0) is 31.3. The quantitative estimate of drug-likeness (QED) is 0.189. The number of aryl methyl sites for hydroxylation is 1. The smallest absolute Gasteiger partial charge is 0.337 e. The van der Waals surface area contributed by atoms with Crippen LogP contribution in [-0.4, -0.2) is 36.4 Å². The van der Waals surface area contributed by atoms with Gasteiger partial charge >= 0.3 is 12.5 Å². The van der Waals surface area contributed by atoms with Crippen LogP contribution in [0.1, 0.15) is 44.6 Å². The number of thiazole rings is 1. The third kappa shape index (κ3) is 5.68. The number of ether oxygens (including phenoxy) is 1. The summed E-state index contributed by atoms with van der Waals surface area (Å²) in [6, 6.07) is 18.0. The van der Waals surface area contributed by atoms with E-state index in [9.17, 15) is 18.7 Å². The summed E-state index contributed by atoms with van der Waals surface area (Å²) in [6.07, 6.45) is 1.87. The molecular formula is C33H27ClF2N4O3S. The minimum Gasteiger partial charge on any atom is -0.479 e. The molecular weight excluding hydrogens is 606 g/mol. The number of fused-ring (bicyclic) bond motifs is 2. The molecule has 0 aliphatic heterocycles. The Bertz CT molecular complexity index is 2030. The molecule has 3 heterocycles. The zero-order valence-corrected chi connectivity index (χ0v) is 25.8. The number of hydrogen-bond donors (Lipinski definition) is 1. The van der Waals surface area contributed by atoms with Crippen molar-refractivity contribution in [2.75, 3.05) is 0 Å². The second-order valence-corrected chi connectivity index (χ2v) is 12.8. The minimum atomic E-state index is -2.73. The lowest BCUT2D eigenvalue weighted by atomic mass is 9.91. The molecule has 1 atom stereocenters. The number of carbonyl (C=O) groups is 1. The molecule has 0 amide bonds. The predicted molar refractivity (Wildman–Crippen MR) is 169 cm³/mol. The third-order valence-electron chi connectivity index (χ3n) is 7.10. The molecule has 6 aromatic rings. The van der Waals surface area contributed by atoms with E-state index in [1.165, 1.54) is 17.5 Å². The van der Waals surface area contributed by atoms with Gasteiger partial charge in [-0.2, -0.15) is 13.9 Å². The molecule has 224 valence electrons. The highest BCUT2D eigenvalue weighted by Crippen LogP contribution is 2.44. The van der Waals surface area contributed by atoms with Gasteiger partial charge in [-0.15, -0.1) is 11.3 Å². The van der Waals surface area contributed by atoms with Crippen LogP contribution in [0.5, 0.6) is 0 Å². The number of rotatable bonds is 7. The van der Waals surface area contributed by atoms with Crippen molar-refractivity contribution in [2.24, 2.45) is 0 Å². The summed E-state index contributed by atoms with van der Waals surface area (Å²) in [4.78, 5) is 22.1. The van der Waals surface area contributed by atoms with E-state index in [1.807, 2.05) is 58.0 Å². The number of hydrogen-bond acceptors (Lipinski definition) is 6. The lowest BCUT2D eigenvalue weighted by Crippen LogP contribution is -2.28. The lowest BCUT2D eigenvalue weighted by Gasteiger charge is -2.28. The monoisotopic (exact) mass is 632 g/mol. The molecule has 3 aromatic heterocycles. The molecule has 0 aliphatic carbocycles. The summed E-state index contributed by atoms with van der Waals surface area (Å²) < 4.78 is 34.2. The summed E-state index contributed by atoms with van der Waals surface area (Å²) in [5.41, 5.74) is 5.37. The van der Waals surface area contributed by atoms with Gasteiger partial charge in [-0.1, -0.05) is 29.8 Å². The maximum absolute atomic E-state index is 13.3. The summed E-state index contributed by atoms with van der Waals surface area (Å²) in [6.45, 7) is 4.62. The van der Waals surface area contributed by atoms with Gasteiger partial charge in [0.1, 0.15) is 5.01 Å². The molecule has 3 aromatic carbocycles. The first-order valence-corrected chi connectivity index (χ1v) is 14.9. The van der Waals surface area contributed by atoms with Crippen molar-refractivity contribution in [2.45, 2.75) is 45.9 Å². The fraction of sp³-hybridized carbons (Fsp3) is 0.212. The first-order chi connectivity index (χ1) is 20.9. The molecule has 1 N–H and O–H groups in total. The van der Waals surface area contributed by atoms with Gasteiger partial charge in [-0.05, 0) is 81.3 Å². The Morgan fingerprint density at radius 2 is 1.75 bits per heavy atom. The van der Waals surface area contributed by atoms with E-state index in [2.05, 4.69) is 10.1 Å². The van der Waals surface area contributed by atoms with Crippen LogP contribution < -0.4 is 0 Å². The highest BCUT2D eigenvalue weighted by Gasteiger charge is 2.32. The van der Waals surface area contributed by atoms with Crippen molar-refractivity contribution >= 4 is 50.0 Å². The number of carboxylic acid groups (broad SMARTS) is 1. The van der Waals surface area contributed by atoms with E-state index in [1.54, 1.807) is 36.5 Å². The van der Waals surface area contributed by atoms with Crippen LogP contribution in [0.4, 0.5) is 8.78 Å². The predicted octanol–water partition coefficient (Wildman–Crippen LogP) is 9.34. The molecule has 11 heteroatoms. The Hall–Kier alpha value is -4.25. The van der Waals surface area contributed by atoms with Gasteiger partial charge in [-0.25, -0.2) is 14.5 Å². The largest absolute Gasteiger partial charge is 0.479 e. The second kappa shape index (κ2) is 11.4. The number of aliphatic carboxylic acids is 1. The van der Waals surface area contributed by atoms with Gasteiger partial charge in [0.05, 0.1) is 33.2 Å². The van der Waals surface area contributed by atoms with Crippen molar-refractivity contribution in [3.63, 3.8) is 0 Å². The maximum Gasteiger partial charge on any atom is 0.337 e. The number of nitrogens with zero attached hydrogens (tertiary/aromatic N) is 4. The summed E-state index contributed by atoms with van der Waals surface area (Å²) in [5, 5.41) is 16.0. The van der Waals surface area contributed by atoms with Crippen LogP contribution in [0.25, 0.3) is 54.1 Å². The molecule has 0 saturated carbocycles. The standard InChI is InChI=1S/C33H27ClF2N4O3S/c1-17-13-24-29(27(18-5-8-22(34)9-6-18)26(17)28(31(41)42)43-33(2,3)4)44-30(39-24)20-11-12-37-23(15-20)19-7-10-25-21(14-19)16-38-40(25)32(35)36/h5-16,28,32H,1-4H3,(H,41,42). The molecule has 1 unspecified atom stereocenters. The molecule has 0 spiro atoms. The van der Waals surface area contributed by atoms with E-state index >= 15 is 0 Å². The van der Waals surface area contributed by atoms with E-state index in [4.69, 9.17) is 21.3 Å².